The van der Waals surface area contributed by atoms with Gasteiger partial charge in [-0.15, -0.1) is 5.10 Å². The van der Waals surface area contributed by atoms with Gasteiger partial charge < -0.3 is 20.2 Å². The van der Waals surface area contributed by atoms with E-state index in [4.69, 9.17) is 14.9 Å². The monoisotopic (exact) mass is 331 g/mol. The van der Waals surface area contributed by atoms with Crippen molar-refractivity contribution in [3.05, 3.63) is 16.5 Å². The average molecular weight is 331 g/mol. The quantitative estimate of drug-likeness (QED) is 0.630. The first-order chi connectivity index (χ1) is 11.8. The highest BCUT2D eigenvalue weighted by Crippen LogP contribution is 2.23. The summed E-state index contributed by atoms with van der Waals surface area (Å²) < 4.78 is 11.1. The molecular weight excluding hydrogens is 310 g/mol. The zero-order chi connectivity index (χ0) is 16.4. The van der Waals surface area contributed by atoms with Crippen LogP contribution in [0.2, 0.25) is 0 Å². The maximum absolute atomic E-state index is 5.86. The number of nitrogens with zero attached hydrogens (tertiary/aromatic N) is 4. The molecule has 4 rings (SSSR count). The molecular formula is C15H21N7O2. The first-order valence-electron chi connectivity index (χ1n) is 8.19. The molecule has 24 heavy (non-hydrogen) atoms. The SMILES string of the molecule is Nc1n[nH]c2c1=CC(c1nnc(NCCN3CCOCC3)o1)CC=2. The molecule has 9 nitrogen and oxygen atoms in total. The third-order valence-corrected chi connectivity index (χ3v) is 4.37. The Bertz CT molecular complexity index is 806. The number of ether oxygens (including phenoxy) is 1. The number of nitrogens with two attached hydrogens (primary N) is 1. The van der Waals surface area contributed by atoms with Crippen LogP contribution in [0.1, 0.15) is 18.2 Å². The number of H-pyrrole nitrogens is 1. The van der Waals surface area contributed by atoms with E-state index in [-0.39, 0.29) is 5.92 Å². The average Bonchev–Trinajstić information content (AvgIpc) is 3.23. The topological polar surface area (TPSA) is 118 Å². The van der Waals surface area contributed by atoms with Gasteiger partial charge >= 0.3 is 6.01 Å². The Kier molecular flexibility index (Phi) is 4.18. The van der Waals surface area contributed by atoms with Crippen LogP contribution in [0, 0.1) is 0 Å². The third kappa shape index (κ3) is 3.13. The number of aromatic nitrogens is 4. The summed E-state index contributed by atoms with van der Waals surface area (Å²) in [5.74, 6) is 1.11. The van der Waals surface area contributed by atoms with E-state index in [1.165, 1.54) is 0 Å². The molecule has 1 atom stereocenters. The summed E-state index contributed by atoms with van der Waals surface area (Å²) in [6.07, 6.45) is 4.86. The van der Waals surface area contributed by atoms with Crippen LogP contribution in [0.25, 0.3) is 12.2 Å². The van der Waals surface area contributed by atoms with Gasteiger partial charge in [-0.25, -0.2) is 0 Å². The van der Waals surface area contributed by atoms with Gasteiger partial charge in [0.2, 0.25) is 5.89 Å². The molecule has 2 aromatic rings. The Balaban J connectivity index is 1.36. The minimum Gasteiger partial charge on any atom is -0.407 e. The predicted octanol–water partition coefficient (Wildman–Crippen LogP) is -1.13. The molecule has 1 fully saturated rings. The third-order valence-electron chi connectivity index (χ3n) is 4.37. The second-order valence-electron chi connectivity index (χ2n) is 5.98. The minimum atomic E-state index is 0.0275. The number of hydrogen-bond donors (Lipinski definition) is 3. The van der Waals surface area contributed by atoms with E-state index in [1.54, 1.807) is 0 Å². The van der Waals surface area contributed by atoms with Crippen LogP contribution < -0.4 is 21.6 Å². The number of fused-ring (bicyclic) bond motifs is 1. The number of nitrogen functional groups attached to an aromatic ring is 1. The lowest BCUT2D eigenvalue weighted by Gasteiger charge is -2.26. The summed E-state index contributed by atoms with van der Waals surface area (Å²) in [4.78, 5) is 2.35. The Morgan fingerprint density at radius 1 is 1.33 bits per heavy atom. The van der Waals surface area contributed by atoms with Crippen LogP contribution in [0.5, 0.6) is 0 Å². The highest BCUT2D eigenvalue weighted by molar-refractivity contribution is 5.50. The maximum atomic E-state index is 5.86. The first-order valence-corrected chi connectivity index (χ1v) is 8.19. The maximum Gasteiger partial charge on any atom is 0.315 e. The lowest BCUT2D eigenvalue weighted by Crippen LogP contribution is -2.39. The van der Waals surface area contributed by atoms with Crippen molar-refractivity contribution in [3.63, 3.8) is 0 Å². The van der Waals surface area contributed by atoms with Crippen molar-refractivity contribution in [2.45, 2.75) is 12.3 Å². The second kappa shape index (κ2) is 6.62. The molecule has 128 valence electrons. The van der Waals surface area contributed by atoms with Crippen molar-refractivity contribution in [2.75, 3.05) is 50.4 Å². The van der Waals surface area contributed by atoms with E-state index < -0.39 is 0 Å². The van der Waals surface area contributed by atoms with Crippen molar-refractivity contribution >= 4 is 24.0 Å². The van der Waals surface area contributed by atoms with E-state index >= 15 is 0 Å². The molecule has 0 saturated carbocycles. The number of rotatable bonds is 5. The van der Waals surface area contributed by atoms with Gasteiger partial charge in [0.25, 0.3) is 0 Å². The smallest absolute Gasteiger partial charge is 0.315 e. The lowest BCUT2D eigenvalue weighted by atomic mass is 10.00. The van der Waals surface area contributed by atoms with Crippen LogP contribution in [0.3, 0.4) is 0 Å². The minimum absolute atomic E-state index is 0.0275. The summed E-state index contributed by atoms with van der Waals surface area (Å²) >= 11 is 0. The van der Waals surface area contributed by atoms with Crippen molar-refractivity contribution in [3.8, 4) is 0 Å². The van der Waals surface area contributed by atoms with E-state index in [9.17, 15) is 0 Å². The van der Waals surface area contributed by atoms with Gasteiger partial charge in [0.15, 0.2) is 5.82 Å². The van der Waals surface area contributed by atoms with Crippen LogP contribution in [0.15, 0.2) is 4.42 Å². The summed E-state index contributed by atoms with van der Waals surface area (Å²) in [6, 6.07) is 0.456. The largest absolute Gasteiger partial charge is 0.407 e. The van der Waals surface area contributed by atoms with E-state index in [0.29, 0.717) is 17.7 Å². The number of anilines is 2. The van der Waals surface area contributed by atoms with Gasteiger partial charge in [-0.05, 0) is 6.42 Å². The molecule has 9 heteroatoms. The number of hydrogen-bond acceptors (Lipinski definition) is 8. The van der Waals surface area contributed by atoms with Gasteiger partial charge in [0, 0.05) is 31.4 Å². The zero-order valence-electron chi connectivity index (χ0n) is 13.4. The summed E-state index contributed by atoms with van der Waals surface area (Å²) in [5.41, 5.74) is 5.86. The standard InChI is InChI=1S/C15H21N7O2/c16-13-11-9-10(1-2-12(11)18-19-13)14-20-21-15(24-14)17-3-4-22-5-7-23-8-6-22/h2,9-10,18H,1,3-8H2,(H2,16,19)(H,17,21). The van der Waals surface area contributed by atoms with Gasteiger partial charge in [0.1, 0.15) is 0 Å². The fourth-order valence-electron chi connectivity index (χ4n) is 3.00. The van der Waals surface area contributed by atoms with Crippen LogP contribution in [0.4, 0.5) is 11.8 Å². The highest BCUT2D eigenvalue weighted by Gasteiger charge is 2.19. The Labute approximate surface area is 138 Å². The molecule has 4 N–H and O–H groups in total. The molecule has 0 spiro atoms. The molecule has 1 unspecified atom stereocenters. The van der Waals surface area contributed by atoms with E-state index in [0.717, 1.165) is 56.4 Å². The Morgan fingerprint density at radius 3 is 3.08 bits per heavy atom. The normalized spacial score (nSPS) is 20.9. The predicted molar refractivity (Wildman–Crippen MR) is 88.6 cm³/mol. The van der Waals surface area contributed by atoms with E-state index in [2.05, 4.69) is 36.7 Å². The fourth-order valence-corrected chi connectivity index (χ4v) is 3.00. The number of aromatic amines is 1. The van der Waals surface area contributed by atoms with Gasteiger partial charge in [-0.3, -0.25) is 10.00 Å². The van der Waals surface area contributed by atoms with Gasteiger partial charge in [0.05, 0.1) is 24.5 Å². The molecule has 0 bridgehead atoms. The summed E-state index contributed by atoms with van der Waals surface area (Å²) in [7, 11) is 0. The molecule has 0 amide bonds. The fraction of sp³-hybridized carbons (Fsp3) is 0.533. The van der Waals surface area contributed by atoms with Crippen molar-refractivity contribution < 1.29 is 9.15 Å². The van der Waals surface area contributed by atoms with Crippen molar-refractivity contribution in [2.24, 2.45) is 0 Å². The Morgan fingerprint density at radius 2 is 2.21 bits per heavy atom. The van der Waals surface area contributed by atoms with Crippen molar-refractivity contribution in [1.29, 1.82) is 0 Å². The molecule has 2 aromatic heterocycles. The van der Waals surface area contributed by atoms with Crippen LogP contribution >= 0.6 is 0 Å². The molecule has 1 aliphatic heterocycles. The first kappa shape index (κ1) is 15.2. The van der Waals surface area contributed by atoms with Crippen molar-refractivity contribution in [1.82, 2.24) is 25.3 Å². The van der Waals surface area contributed by atoms with E-state index in [1.807, 2.05) is 6.08 Å². The van der Waals surface area contributed by atoms with Crippen LogP contribution in [-0.2, 0) is 4.74 Å². The van der Waals surface area contributed by atoms with Crippen LogP contribution in [-0.4, -0.2) is 64.7 Å². The van der Waals surface area contributed by atoms with Gasteiger partial charge in [-0.2, -0.15) is 5.10 Å². The molecule has 3 heterocycles. The second-order valence-corrected chi connectivity index (χ2v) is 5.98. The molecule has 0 radical (unpaired) electrons. The molecule has 0 aromatic carbocycles. The molecule has 1 aliphatic carbocycles. The highest BCUT2D eigenvalue weighted by atomic mass is 16.5. The summed E-state index contributed by atoms with van der Waals surface area (Å²) in [6.45, 7) is 5.24. The number of nitrogens with one attached hydrogen (secondary N) is 2. The molecule has 2 aliphatic rings. The zero-order valence-corrected chi connectivity index (χ0v) is 13.4. The van der Waals surface area contributed by atoms with Gasteiger partial charge in [-0.1, -0.05) is 17.3 Å². The lowest BCUT2D eigenvalue weighted by molar-refractivity contribution is 0.0398. The number of morpholine rings is 1. The molecule has 1 saturated heterocycles. The Hall–Kier alpha value is -2.39. The summed E-state index contributed by atoms with van der Waals surface area (Å²) in [5, 5.41) is 20.2.